The highest BCUT2D eigenvalue weighted by molar-refractivity contribution is 6.16. The SMILES string of the molecule is c1ccc(-c2ccc(N(c3ccc(-c4ccccc4-n4c5ccccc5c5cccc(-c6cccc7ccccc67)c54)cc3)c3ccc(-c4cccc5ccccc45)cc3)cc2)cc1. The Labute approximate surface area is 373 Å². The molecule has 1 heterocycles. The highest BCUT2D eigenvalue weighted by Crippen LogP contribution is 2.43. The number of para-hydroxylation sites is 3. The topological polar surface area (TPSA) is 8.17 Å². The number of rotatable bonds is 8. The van der Waals surface area contributed by atoms with Crippen LogP contribution in [0.4, 0.5) is 17.1 Å². The van der Waals surface area contributed by atoms with Crippen molar-refractivity contribution in [1.82, 2.24) is 4.57 Å². The molecule has 0 aliphatic heterocycles. The molecule has 0 atom stereocenters. The van der Waals surface area contributed by atoms with Crippen molar-refractivity contribution in [1.29, 1.82) is 0 Å². The lowest BCUT2D eigenvalue weighted by Crippen LogP contribution is -2.09. The number of fused-ring (bicyclic) bond motifs is 5. The van der Waals surface area contributed by atoms with Crippen molar-refractivity contribution < 1.29 is 0 Å². The van der Waals surface area contributed by atoms with E-state index in [9.17, 15) is 0 Å². The van der Waals surface area contributed by atoms with E-state index in [-0.39, 0.29) is 0 Å². The van der Waals surface area contributed by atoms with E-state index >= 15 is 0 Å². The normalized spacial score (nSPS) is 11.4. The van der Waals surface area contributed by atoms with E-state index < -0.39 is 0 Å². The first-order chi connectivity index (χ1) is 31.8. The standard InChI is InChI=1S/C62H42N2/c1-2-15-43(16-3-1)44-31-37-49(38-32-44)63(50-39-33-47(34-40-50)53-25-12-19-45-17-4-6-21-52(45)53)51-41-35-48(36-42-51)55-23-8-10-29-60(55)64-61-30-11-9-24-57(61)59-28-14-27-58(62(59)64)56-26-13-20-46-18-5-7-22-54(46)56/h1-42H. The average molecular weight is 815 g/mol. The van der Waals surface area contributed by atoms with E-state index in [1.807, 2.05) is 0 Å². The van der Waals surface area contributed by atoms with Crippen LogP contribution in [0.2, 0.25) is 0 Å². The van der Waals surface area contributed by atoms with Gasteiger partial charge in [0, 0.05) is 39.0 Å². The number of benzene rings is 11. The van der Waals surface area contributed by atoms with Gasteiger partial charge in [-0.3, -0.25) is 0 Å². The number of nitrogens with zero attached hydrogens (tertiary/aromatic N) is 2. The van der Waals surface area contributed by atoms with E-state index in [4.69, 9.17) is 0 Å². The molecular weight excluding hydrogens is 773 g/mol. The smallest absolute Gasteiger partial charge is 0.0619 e. The number of hydrogen-bond acceptors (Lipinski definition) is 1. The third-order valence-corrected chi connectivity index (χ3v) is 12.8. The molecule has 2 heteroatoms. The van der Waals surface area contributed by atoms with E-state index in [1.165, 1.54) is 82.3 Å². The first kappa shape index (κ1) is 37.3. The molecule has 11 aromatic carbocycles. The highest BCUT2D eigenvalue weighted by Gasteiger charge is 2.20. The summed E-state index contributed by atoms with van der Waals surface area (Å²) in [6, 6.07) is 92.6. The Balaban J connectivity index is 0.981. The maximum Gasteiger partial charge on any atom is 0.0619 e. The second kappa shape index (κ2) is 15.8. The summed E-state index contributed by atoms with van der Waals surface area (Å²) in [6.45, 7) is 0. The zero-order valence-corrected chi connectivity index (χ0v) is 35.1. The van der Waals surface area contributed by atoms with E-state index in [0.29, 0.717) is 0 Å². The Hall–Kier alpha value is -8.46. The first-order valence-corrected chi connectivity index (χ1v) is 22.0. The van der Waals surface area contributed by atoms with Crippen LogP contribution < -0.4 is 4.90 Å². The van der Waals surface area contributed by atoms with Crippen molar-refractivity contribution in [2.45, 2.75) is 0 Å². The molecule has 0 N–H and O–H groups in total. The van der Waals surface area contributed by atoms with Crippen molar-refractivity contribution in [2.75, 3.05) is 4.90 Å². The van der Waals surface area contributed by atoms with Crippen molar-refractivity contribution in [2.24, 2.45) is 0 Å². The quantitative estimate of drug-likeness (QED) is 0.148. The van der Waals surface area contributed by atoms with Crippen molar-refractivity contribution >= 4 is 60.4 Å². The van der Waals surface area contributed by atoms with Crippen LogP contribution in [0.3, 0.4) is 0 Å². The molecule has 12 rings (SSSR count). The summed E-state index contributed by atoms with van der Waals surface area (Å²) in [5.41, 5.74) is 16.4. The fourth-order valence-corrected chi connectivity index (χ4v) is 9.80. The molecule has 0 unspecified atom stereocenters. The monoisotopic (exact) mass is 814 g/mol. The molecule has 64 heavy (non-hydrogen) atoms. The van der Waals surface area contributed by atoms with Gasteiger partial charge in [0.2, 0.25) is 0 Å². The Kier molecular flexibility index (Phi) is 9.20. The van der Waals surface area contributed by atoms with Gasteiger partial charge in [0.25, 0.3) is 0 Å². The van der Waals surface area contributed by atoms with Crippen LogP contribution in [0.25, 0.3) is 93.5 Å². The molecule has 0 saturated carbocycles. The molecule has 0 amide bonds. The predicted molar refractivity (Wildman–Crippen MR) is 272 cm³/mol. The van der Waals surface area contributed by atoms with Gasteiger partial charge in [0.15, 0.2) is 0 Å². The van der Waals surface area contributed by atoms with Crippen LogP contribution >= 0.6 is 0 Å². The van der Waals surface area contributed by atoms with Crippen LogP contribution in [0, 0.1) is 0 Å². The summed E-state index contributed by atoms with van der Waals surface area (Å²) >= 11 is 0. The molecule has 0 radical (unpaired) electrons. The van der Waals surface area contributed by atoms with Crippen LogP contribution in [-0.2, 0) is 0 Å². The predicted octanol–water partition coefficient (Wildman–Crippen LogP) is 17.2. The molecule has 2 nitrogen and oxygen atoms in total. The molecule has 0 aliphatic carbocycles. The van der Waals surface area contributed by atoms with Gasteiger partial charge < -0.3 is 9.47 Å². The van der Waals surface area contributed by atoms with Gasteiger partial charge in [-0.15, -0.1) is 0 Å². The minimum atomic E-state index is 1.08. The van der Waals surface area contributed by atoms with Crippen molar-refractivity contribution in [3.05, 3.63) is 255 Å². The summed E-state index contributed by atoms with van der Waals surface area (Å²) in [7, 11) is 0. The van der Waals surface area contributed by atoms with Gasteiger partial charge in [-0.05, 0) is 103 Å². The minimum Gasteiger partial charge on any atom is -0.311 e. The molecule has 0 spiro atoms. The maximum absolute atomic E-state index is 2.49. The van der Waals surface area contributed by atoms with Gasteiger partial charge in [-0.2, -0.15) is 0 Å². The minimum absolute atomic E-state index is 1.08. The third-order valence-electron chi connectivity index (χ3n) is 12.8. The molecule has 300 valence electrons. The third kappa shape index (κ3) is 6.44. The fourth-order valence-electron chi connectivity index (χ4n) is 9.80. The Morgan fingerprint density at radius 2 is 0.672 bits per heavy atom. The second-order valence-electron chi connectivity index (χ2n) is 16.5. The van der Waals surface area contributed by atoms with Crippen LogP contribution in [-0.4, -0.2) is 4.57 Å². The van der Waals surface area contributed by atoms with Crippen LogP contribution in [0.5, 0.6) is 0 Å². The fraction of sp³-hybridized carbons (Fsp3) is 0. The van der Waals surface area contributed by atoms with Crippen molar-refractivity contribution in [3.63, 3.8) is 0 Å². The van der Waals surface area contributed by atoms with Gasteiger partial charge in [0.1, 0.15) is 0 Å². The Morgan fingerprint density at radius 1 is 0.250 bits per heavy atom. The molecule has 0 aliphatic rings. The first-order valence-electron chi connectivity index (χ1n) is 22.0. The van der Waals surface area contributed by atoms with Crippen molar-refractivity contribution in [3.8, 4) is 50.2 Å². The summed E-state index contributed by atoms with van der Waals surface area (Å²) in [5.74, 6) is 0. The van der Waals surface area contributed by atoms with Gasteiger partial charge in [-0.1, -0.05) is 206 Å². The molecule has 0 fully saturated rings. The van der Waals surface area contributed by atoms with Gasteiger partial charge >= 0.3 is 0 Å². The molecule has 0 saturated heterocycles. The summed E-state index contributed by atoms with van der Waals surface area (Å²) in [6.07, 6.45) is 0. The Morgan fingerprint density at radius 3 is 1.34 bits per heavy atom. The molecule has 0 bridgehead atoms. The zero-order chi connectivity index (χ0) is 42.4. The van der Waals surface area contributed by atoms with E-state index in [0.717, 1.165) is 28.3 Å². The lowest BCUT2D eigenvalue weighted by molar-refractivity contribution is 1.18. The summed E-state index contributed by atoms with van der Waals surface area (Å²) in [4.78, 5) is 2.36. The summed E-state index contributed by atoms with van der Waals surface area (Å²) < 4.78 is 2.49. The lowest BCUT2D eigenvalue weighted by Gasteiger charge is -2.26. The lowest BCUT2D eigenvalue weighted by atomic mass is 9.96. The van der Waals surface area contributed by atoms with Gasteiger partial charge in [0.05, 0.1) is 16.7 Å². The number of anilines is 3. The molecule has 12 aromatic rings. The maximum atomic E-state index is 2.49. The van der Waals surface area contributed by atoms with Crippen LogP contribution in [0.1, 0.15) is 0 Å². The molecule has 1 aromatic heterocycles. The van der Waals surface area contributed by atoms with E-state index in [2.05, 4.69) is 264 Å². The average Bonchev–Trinajstić information content (AvgIpc) is 3.72. The number of aromatic nitrogens is 1. The second-order valence-corrected chi connectivity index (χ2v) is 16.5. The zero-order valence-electron chi connectivity index (χ0n) is 35.1. The number of hydrogen-bond donors (Lipinski definition) is 0. The summed E-state index contributed by atoms with van der Waals surface area (Å²) in [5, 5.41) is 7.47. The Bertz CT molecular complexity index is 3630. The highest BCUT2D eigenvalue weighted by atomic mass is 15.1. The van der Waals surface area contributed by atoms with Gasteiger partial charge in [-0.25, -0.2) is 0 Å². The van der Waals surface area contributed by atoms with E-state index in [1.54, 1.807) is 0 Å². The molecular formula is C62H42N2. The largest absolute Gasteiger partial charge is 0.311 e. The van der Waals surface area contributed by atoms with Crippen LogP contribution in [0.15, 0.2) is 255 Å².